The van der Waals surface area contributed by atoms with Crippen LogP contribution in [0, 0.1) is 10.9 Å². The largest absolute Gasteiger partial charge is 0.478 e. The molecule has 2 unspecified atom stereocenters. The van der Waals surface area contributed by atoms with Crippen LogP contribution in [-0.2, 0) is 11.3 Å². The van der Waals surface area contributed by atoms with Crippen molar-refractivity contribution < 1.29 is 9.90 Å². The summed E-state index contributed by atoms with van der Waals surface area (Å²) < 4.78 is 7.24. The van der Waals surface area contributed by atoms with Crippen molar-refractivity contribution in [3.63, 3.8) is 0 Å². The maximum absolute atomic E-state index is 11.2. The molecule has 0 aliphatic heterocycles. The number of nitrogens with two attached hydrogens (primary N) is 2. The maximum Gasteiger partial charge on any atom is 0.335 e. The molecule has 1 aliphatic carbocycles. The molecule has 0 aromatic heterocycles. The van der Waals surface area contributed by atoms with E-state index in [4.69, 9.17) is 22.4 Å². The van der Waals surface area contributed by atoms with Crippen LogP contribution in [0.5, 0.6) is 0 Å². The monoisotopic (exact) mass is 546 g/mol. The third-order valence-corrected chi connectivity index (χ3v) is 6.79. The van der Waals surface area contributed by atoms with Gasteiger partial charge in [0.2, 0.25) is 0 Å². The summed E-state index contributed by atoms with van der Waals surface area (Å²) in [5.74, 6) is -1.04. The Bertz CT molecular complexity index is 1150. The highest BCUT2D eigenvalue weighted by Gasteiger charge is 2.44. The summed E-state index contributed by atoms with van der Waals surface area (Å²) in [6.07, 6.45) is 1.71. The lowest BCUT2D eigenvalue weighted by Crippen LogP contribution is -2.54. The smallest absolute Gasteiger partial charge is 0.335 e. The van der Waals surface area contributed by atoms with E-state index in [1.54, 1.807) is 24.3 Å². The number of carboxylic acid groups (broad SMARTS) is 1. The van der Waals surface area contributed by atoms with Crippen LogP contribution in [0.25, 0.3) is 0 Å². The van der Waals surface area contributed by atoms with Gasteiger partial charge < -0.3 is 16.6 Å². The number of hydrogen-bond donors (Lipinski definition) is 6. The fourth-order valence-electron chi connectivity index (χ4n) is 3.76. The van der Waals surface area contributed by atoms with E-state index in [-0.39, 0.29) is 5.56 Å². The lowest BCUT2D eigenvalue weighted by atomic mass is 9.76. The first kappa shape index (κ1) is 23.7. The molecule has 0 amide bonds. The van der Waals surface area contributed by atoms with E-state index in [0.717, 1.165) is 6.34 Å². The second-order valence-electron chi connectivity index (χ2n) is 7.30. The number of nitrogens with one attached hydrogen (secondary N) is 3. The summed E-state index contributed by atoms with van der Waals surface area (Å²) in [4.78, 5) is 19.5. The number of rotatable bonds is 8. The molecule has 0 bridgehead atoms. The molecule has 0 saturated carbocycles. The summed E-state index contributed by atoms with van der Waals surface area (Å²) >= 11 is -0.630. The SMILES string of the molecule is C=Nc1cc2c(cc1C(=NC=N)c1ccc(C(=O)O)cc1)C(N)(NI=C)CCC2(N)N=N. The van der Waals surface area contributed by atoms with Gasteiger partial charge >= 0.3 is 5.97 Å². The first-order chi connectivity index (χ1) is 15.2. The Morgan fingerprint density at radius 3 is 2.38 bits per heavy atom. The Kier molecular flexibility index (Phi) is 6.83. The van der Waals surface area contributed by atoms with Crippen molar-refractivity contribution in [2.45, 2.75) is 24.2 Å². The molecule has 0 spiro atoms. The van der Waals surface area contributed by atoms with Crippen molar-refractivity contribution in [1.29, 1.82) is 10.9 Å². The predicted molar refractivity (Wildman–Crippen MR) is 134 cm³/mol. The third kappa shape index (κ3) is 4.19. The molecule has 2 aromatic rings. The fourth-order valence-corrected chi connectivity index (χ4v) is 5.00. The lowest BCUT2D eigenvalue weighted by molar-refractivity contribution is 0.0697. The number of hydrogen-bond acceptors (Lipinski definition) is 8. The predicted octanol–water partition coefficient (Wildman–Crippen LogP) is 3.12. The van der Waals surface area contributed by atoms with Crippen LogP contribution in [0.2, 0.25) is 0 Å². The zero-order valence-electron chi connectivity index (χ0n) is 17.1. The number of fused-ring (bicyclic) bond motifs is 1. The maximum atomic E-state index is 11.2. The molecule has 32 heavy (non-hydrogen) atoms. The minimum Gasteiger partial charge on any atom is -0.478 e. The Labute approximate surface area is 195 Å². The number of carboxylic acids is 1. The van der Waals surface area contributed by atoms with Crippen LogP contribution in [0.3, 0.4) is 0 Å². The van der Waals surface area contributed by atoms with E-state index >= 15 is 0 Å². The normalized spacial score (nSPS) is 22.6. The van der Waals surface area contributed by atoms with Crippen molar-refractivity contribution in [1.82, 2.24) is 3.53 Å². The van der Waals surface area contributed by atoms with Crippen LogP contribution >= 0.6 is 21.0 Å². The Morgan fingerprint density at radius 2 is 1.84 bits per heavy atom. The van der Waals surface area contributed by atoms with Crippen molar-refractivity contribution in [3.05, 3.63) is 64.2 Å². The quantitative estimate of drug-likeness (QED) is 0.0740. The Balaban J connectivity index is 2.29. The van der Waals surface area contributed by atoms with E-state index < -0.39 is 38.3 Å². The molecule has 10 nitrogen and oxygen atoms in total. The topological polar surface area (TPSA) is 186 Å². The van der Waals surface area contributed by atoms with Gasteiger partial charge in [-0.3, -0.25) is 10.4 Å². The van der Waals surface area contributed by atoms with E-state index in [1.807, 2.05) is 0 Å². The van der Waals surface area contributed by atoms with Crippen LogP contribution in [0.1, 0.15) is 45.5 Å². The van der Waals surface area contributed by atoms with E-state index in [2.05, 4.69) is 29.9 Å². The van der Waals surface area contributed by atoms with E-state index in [0.29, 0.717) is 46.5 Å². The molecular formula is C21H23IN8O2. The molecular weight excluding hydrogens is 523 g/mol. The molecule has 0 radical (unpaired) electrons. The van der Waals surface area contributed by atoms with Crippen molar-refractivity contribution in [3.8, 4) is 0 Å². The molecule has 0 saturated heterocycles. The Morgan fingerprint density at radius 1 is 1.19 bits per heavy atom. The van der Waals surface area contributed by atoms with Gasteiger partial charge in [0.05, 0.1) is 17.0 Å². The molecule has 3 rings (SSSR count). The van der Waals surface area contributed by atoms with Gasteiger partial charge in [0.15, 0.2) is 5.66 Å². The highest BCUT2D eigenvalue weighted by atomic mass is 127. The molecule has 0 fully saturated rings. The molecule has 2 aromatic carbocycles. The molecule has 11 heteroatoms. The summed E-state index contributed by atoms with van der Waals surface area (Å²) in [7, 11) is 0. The summed E-state index contributed by atoms with van der Waals surface area (Å²) in [5.41, 5.74) is 21.9. The third-order valence-electron chi connectivity index (χ3n) is 5.44. The molecule has 2 atom stereocenters. The zero-order valence-corrected chi connectivity index (χ0v) is 19.3. The average molecular weight is 546 g/mol. The molecule has 166 valence electrons. The number of benzene rings is 2. The van der Waals surface area contributed by atoms with Gasteiger partial charge in [-0.15, -0.1) is 0 Å². The number of aromatic carboxylic acids is 1. The number of aliphatic imine (C=N–C) groups is 2. The average Bonchev–Trinajstić information content (AvgIpc) is 2.80. The van der Waals surface area contributed by atoms with E-state index in [1.165, 1.54) is 12.1 Å². The second-order valence-corrected chi connectivity index (χ2v) is 8.60. The first-order valence-corrected chi connectivity index (χ1v) is 12.0. The standard InChI is InChI=1S/C21H23IN8O2/c1-22-29-20(24)7-8-21(25,30-26)16-10-17(27-2)14(9-15(16)20)18(28-11-23)12-3-5-13(6-4-12)19(31)32/h3-6,9-11,23,26,29H,1-2,7-8,24-25H2,(H,31,32). The minimum atomic E-state index is -1.25. The van der Waals surface area contributed by atoms with Crippen molar-refractivity contribution >= 4 is 55.9 Å². The van der Waals surface area contributed by atoms with Crippen LogP contribution in [0.15, 0.2) is 51.5 Å². The van der Waals surface area contributed by atoms with Gasteiger partial charge in [-0.2, -0.15) is 5.11 Å². The second kappa shape index (κ2) is 9.24. The number of nitrogens with zero attached hydrogens (tertiary/aromatic N) is 3. The lowest BCUT2D eigenvalue weighted by Gasteiger charge is -2.42. The number of carbonyl (C=O) groups is 1. The van der Waals surface area contributed by atoms with Crippen molar-refractivity contribution in [2.24, 2.45) is 26.6 Å². The zero-order chi connectivity index (χ0) is 23.5. The van der Waals surface area contributed by atoms with Gasteiger partial charge in [-0.1, -0.05) is 16.6 Å². The Hall–Kier alpha value is -3.00. The highest BCUT2D eigenvalue weighted by molar-refractivity contribution is 14.2. The van der Waals surface area contributed by atoms with Crippen molar-refractivity contribution in [2.75, 3.05) is 0 Å². The fraction of sp³-hybridized carbons (Fsp3) is 0.190. The van der Waals surface area contributed by atoms with Gasteiger partial charge in [0.25, 0.3) is 0 Å². The first-order valence-electron chi connectivity index (χ1n) is 9.40. The van der Waals surface area contributed by atoms with Gasteiger partial charge in [-0.25, -0.2) is 18.8 Å². The molecule has 8 N–H and O–H groups in total. The van der Waals surface area contributed by atoms with Gasteiger partial charge in [0.1, 0.15) is 12.0 Å². The summed E-state index contributed by atoms with van der Waals surface area (Å²) in [6.45, 7) is 3.65. The molecule has 0 heterocycles. The van der Waals surface area contributed by atoms with Crippen LogP contribution < -0.4 is 15.0 Å². The molecule has 1 aliphatic rings. The van der Waals surface area contributed by atoms with Gasteiger partial charge in [-0.05, 0) is 70.4 Å². The summed E-state index contributed by atoms with van der Waals surface area (Å²) in [5, 5.41) is 20.4. The summed E-state index contributed by atoms with van der Waals surface area (Å²) in [6, 6.07) is 9.63. The van der Waals surface area contributed by atoms with Gasteiger partial charge in [0, 0.05) is 16.7 Å². The van der Waals surface area contributed by atoms with Crippen LogP contribution in [0.4, 0.5) is 5.69 Å². The minimum absolute atomic E-state index is 0.130. The number of halogens is 1. The highest BCUT2D eigenvalue weighted by Crippen LogP contribution is 2.44. The van der Waals surface area contributed by atoms with Crippen LogP contribution in [-0.4, -0.2) is 34.4 Å². The van der Waals surface area contributed by atoms with E-state index in [9.17, 15) is 9.90 Å².